The van der Waals surface area contributed by atoms with E-state index < -0.39 is 12.0 Å². The Balaban J connectivity index is 1.21. The van der Waals surface area contributed by atoms with E-state index in [2.05, 4.69) is 33.1 Å². The number of hydrogen-bond donors (Lipinski definition) is 4. The molecule has 1 amide bonds. The molecule has 1 saturated heterocycles. The summed E-state index contributed by atoms with van der Waals surface area (Å²) in [5.41, 5.74) is 8.23. The van der Waals surface area contributed by atoms with Crippen LogP contribution in [-0.4, -0.2) is 59.8 Å². The molecule has 1 fully saturated rings. The van der Waals surface area contributed by atoms with Crippen LogP contribution in [0.25, 0.3) is 22.4 Å². The summed E-state index contributed by atoms with van der Waals surface area (Å²) in [5.74, 6) is 0.560. The molecule has 1 aliphatic carbocycles. The number of nitrogens with one attached hydrogen (secondary N) is 3. The number of aryl methyl sites for hydroxylation is 1. The van der Waals surface area contributed by atoms with Crippen LogP contribution < -0.4 is 30.2 Å². The van der Waals surface area contributed by atoms with E-state index in [0.29, 0.717) is 54.4 Å². The maximum absolute atomic E-state index is 11.5. The highest BCUT2D eigenvalue weighted by Crippen LogP contribution is 2.44. The van der Waals surface area contributed by atoms with Gasteiger partial charge < -0.3 is 35.3 Å². The molecule has 3 atom stereocenters. The van der Waals surface area contributed by atoms with E-state index >= 15 is 0 Å². The van der Waals surface area contributed by atoms with Crippen LogP contribution in [0.2, 0.25) is 5.02 Å². The predicted molar refractivity (Wildman–Crippen MR) is 191 cm³/mol. The van der Waals surface area contributed by atoms with Gasteiger partial charge in [0.15, 0.2) is 0 Å². The number of ether oxygens (including phenoxy) is 3. The first-order valence-corrected chi connectivity index (χ1v) is 17.2. The van der Waals surface area contributed by atoms with Gasteiger partial charge in [-0.3, -0.25) is 9.59 Å². The van der Waals surface area contributed by atoms with E-state index in [9.17, 15) is 14.7 Å². The van der Waals surface area contributed by atoms with E-state index in [4.69, 9.17) is 30.8 Å². The molecule has 0 saturated carbocycles. The number of benzene rings is 2. The summed E-state index contributed by atoms with van der Waals surface area (Å²) < 4.78 is 17.7. The Kier molecular flexibility index (Phi) is 10.9. The van der Waals surface area contributed by atoms with E-state index in [1.807, 2.05) is 49.4 Å². The van der Waals surface area contributed by atoms with Crippen molar-refractivity contribution in [2.75, 3.05) is 20.8 Å². The average Bonchev–Trinajstić information content (AvgIpc) is 3.73. The molecule has 4 N–H and O–H groups in total. The maximum atomic E-state index is 11.5. The molecule has 12 heteroatoms. The van der Waals surface area contributed by atoms with E-state index in [1.165, 1.54) is 5.56 Å². The van der Waals surface area contributed by atoms with Crippen LogP contribution >= 0.6 is 11.6 Å². The maximum Gasteiger partial charge on any atom is 0.320 e. The number of amides is 1. The Morgan fingerprint density at radius 3 is 2.44 bits per heavy atom. The Morgan fingerprint density at radius 2 is 1.70 bits per heavy atom. The van der Waals surface area contributed by atoms with Gasteiger partial charge in [-0.2, -0.15) is 4.98 Å². The number of carboxylic acid groups (broad SMARTS) is 1. The van der Waals surface area contributed by atoms with Crippen LogP contribution in [-0.2, 0) is 29.1 Å². The summed E-state index contributed by atoms with van der Waals surface area (Å²) in [7, 11) is 3.15. The fourth-order valence-corrected chi connectivity index (χ4v) is 6.94. The summed E-state index contributed by atoms with van der Waals surface area (Å²) in [6.45, 7) is 5.06. The number of carboxylic acids is 1. The molecule has 262 valence electrons. The van der Waals surface area contributed by atoms with Gasteiger partial charge >= 0.3 is 5.97 Å². The lowest BCUT2D eigenvalue weighted by Crippen LogP contribution is -2.35. The number of aromatic nitrogens is 2. The van der Waals surface area contributed by atoms with Gasteiger partial charge in [0.05, 0.1) is 24.9 Å². The zero-order valence-corrected chi connectivity index (χ0v) is 29.4. The number of rotatable bonds is 14. The minimum absolute atomic E-state index is 0.101. The van der Waals surface area contributed by atoms with Crippen molar-refractivity contribution in [3.05, 3.63) is 87.4 Å². The van der Waals surface area contributed by atoms with Crippen molar-refractivity contribution in [2.45, 2.75) is 70.8 Å². The Morgan fingerprint density at radius 1 is 0.960 bits per heavy atom. The fourth-order valence-electron chi connectivity index (χ4n) is 6.62. The van der Waals surface area contributed by atoms with Crippen molar-refractivity contribution in [1.82, 2.24) is 25.9 Å². The predicted octanol–water partition coefficient (Wildman–Crippen LogP) is 5.79. The van der Waals surface area contributed by atoms with Crippen molar-refractivity contribution in [2.24, 2.45) is 0 Å². The average molecular weight is 700 g/mol. The van der Waals surface area contributed by atoms with Crippen molar-refractivity contribution >= 4 is 23.5 Å². The number of aliphatic carboxylic acids is 1. The normalized spacial score (nSPS) is 17.3. The molecule has 6 rings (SSSR count). The van der Waals surface area contributed by atoms with Crippen LogP contribution in [0.4, 0.5) is 0 Å². The summed E-state index contributed by atoms with van der Waals surface area (Å²) in [4.78, 5) is 32.3. The highest BCUT2D eigenvalue weighted by molar-refractivity contribution is 6.36. The van der Waals surface area contributed by atoms with Gasteiger partial charge in [0.2, 0.25) is 23.5 Å². The lowest BCUT2D eigenvalue weighted by atomic mass is 9.94. The SMILES string of the molecule is COc1nc(-c2cccc(-c3cccc4c3CC[C@@H]4Oc3nc(OC)c(CN[C@@H](C)C(=O)O)cc3C)c2Cl)ccc1CNC[C@@H]1CCC(=O)N1. The topological polar surface area (TPSA) is 144 Å². The van der Waals surface area contributed by atoms with Crippen LogP contribution in [0.1, 0.15) is 60.1 Å². The fraction of sp³-hybridized carbons (Fsp3) is 0.368. The van der Waals surface area contributed by atoms with Crippen LogP contribution in [0, 0.1) is 6.92 Å². The van der Waals surface area contributed by atoms with Crippen LogP contribution in [0.5, 0.6) is 17.6 Å². The first kappa shape index (κ1) is 35.1. The van der Waals surface area contributed by atoms with E-state index in [1.54, 1.807) is 21.1 Å². The molecule has 0 unspecified atom stereocenters. The molecular formula is C38H42ClN5O6. The Labute approximate surface area is 296 Å². The van der Waals surface area contributed by atoms with Gasteiger partial charge in [0.1, 0.15) is 12.1 Å². The van der Waals surface area contributed by atoms with Crippen LogP contribution in [0.3, 0.4) is 0 Å². The van der Waals surface area contributed by atoms with Gasteiger partial charge in [0.25, 0.3) is 0 Å². The third-order valence-corrected chi connectivity index (χ3v) is 9.73. The molecule has 0 bridgehead atoms. The minimum Gasteiger partial charge on any atom is -0.481 e. The summed E-state index contributed by atoms with van der Waals surface area (Å²) in [6.07, 6.45) is 2.78. The second-order valence-electron chi connectivity index (χ2n) is 12.7. The molecule has 2 aliphatic rings. The van der Waals surface area contributed by atoms with Crippen molar-refractivity contribution in [3.8, 4) is 40.0 Å². The van der Waals surface area contributed by atoms with Gasteiger partial charge in [-0.05, 0) is 61.9 Å². The van der Waals surface area contributed by atoms with Gasteiger partial charge in [0, 0.05) is 59.9 Å². The number of fused-ring (bicyclic) bond motifs is 1. The molecule has 4 aromatic rings. The zero-order chi connectivity index (χ0) is 35.4. The number of carbonyl (C=O) groups excluding carboxylic acids is 1. The first-order valence-electron chi connectivity index (χ1n) is 16.8. The molecule has 11 nitrogen and oxygen atoms in total. The highest BCUT2D eigenvalue weighted by atomic mass is 35.5. The standard InChI is InChI=1S/C38H42ClN5O6/c1-21-17-24(19-41-22(2)38(46)47)37(49-4)44-35(21)50-32-15-13-27-26(7-5-8-28(27)32)29-9-6-10-30(34(29)39)31-14-11-23(36(43-31)48-3)18-40-20-25-12-16-33(45)42-25/h5-11,14,17,22,25,32,40-41H,12-13,15-16,18-20H2,1-4H3,(H,42,45)(H,46,47)/t22-,25-,32-/m0/s1. The third-order valence-electron chi connectivity index (χ3n) is 9.33. The number of hydrogen-bond acceptors (Lipinski definition) is 9. The second-order valence-corrected chi connectivity index (χ2v) is 13.1. The first-order chi connectivity index (χ1) is 24.2. The number of halogens is 1. The van der Waals surface area contributed by atoms with Crippen LogP contribution in [0.15, 0.2) is 54.6 Å². The number of pyridine rings is 2. The number of methoxy groups -OCH3 is 2. The van der Waals surface area contributed by atoms with E-state index in [-0.39, 0.29) is 18.1 Å². The second kappa shape index (κ2) is 15.5. The molecule has 3 heterocycles. The molecule has 2 aromatic carbocycles. The number of carbonyl (C=O) groups is 2. The molecule has 50 heavy (non-hydrogen) atoms. The molecular weight excluding hydrogens is 658 g/mol. The minimum atomic E-state index is -0.926. The molecule has 2 aromatic heterocycles. The van der Waals surface area contributed by atoms with E-state index in [0.717, 1.165) is 58.2 Å². The van der Waals surface area contributed by atoms with Gasteiger partial charge in [-0.15, -0.1) is 0 Å². The monoisotopic (exact) mass is 699 g/mol. The van der Waals surface area contributed by atoms with Gasteiger partial charge in [-0.25, -0.2) is 4.98 Å². The lowest BCUT2D eigenvalue weighted by molar-refractivity contribution is -0.139. The van der Waals surface area contributed by atoms with Gasteiger partial charge in [-0.1, -0.05) is 54.1 Å². The summed E-state index contributed by atoms with van der Waals surface area (Å²) >= 11 is 7.16. The Hall–Kier alpha value is -4.71. The smallest absolute Gasteiger partial charge is 0.320 e. The van der Waals surface area contributed by atoms with Crippen molar-refractivity contribution in [1.29, 1.82) is 0 Å². The number of nitrogens with zero attached hydrogens (tertiary/aromatic N) is 2. The lowest BCUT2D eigenvalue weighted by Gasteiger charge is -2.19. The molecule has 1 aliphatic heterocycles. The third kappa shape index (κ3) is 7.55. The highest BCUT2D eigenvalue weighted by Gasteiger charge is 2.29. The van der Waals surface area contributed by atoms with Crippen molar-refractivity contribution < 1.29 is 28.9 Å². The quantitative estimate of drug-likeness (QED) is 0.128. The Bertz CT molecular complexity index is 1900. The zero-order valence-electron chi connectivity index (χ0n) is 28.6. The summed E-state index contributed by atoms with van der Waals surface area (Å²) in [6, 6.07) is 17.5. The largest absolute Gasteiger partial charge is 0.481 e. The van der Waals surface area contributed by atoms with Crippen molar-refractivity contribution in [3.63, 3.8) is 0 Å². The summed E-state index contributed by atoms with van der Waals surface area (Å²) in [5, 5.41) is 19.2. The molecule has 0 spiro atoms. The molecule has 0 radical (unpaired) electrons.